The van der Waals surface area contributed by atoms with Gasteiger partial charge in [0.25, 0.3) is 0 Å². The van der Waals surface area contributed by atoms with Crippen molar-refractivity contribution in [3.63, 3.8) is 0 Å². The molecule has 0 aliphatic rings. The number of hydrogen-bond acceptors (Lipinski definition) is 3. The molecule has 0 saturated carbocycles. The molecule has 0 atom stereocenters. The summed E-state index contributed by atoms with van der Waals surface area (Å²) < 4.78 is 18.9. The molecule has 2 aromatic carbocycles. The van der Waals surface area contributed by atoms with E-state index in [2.05, 4.69) is 0 Å². The highest BCUT2D eigenvalue weighted by molar-refractivity contribution is 7.99. The molecule has 0 aliphatic heterocycles. The van der Waals surface area contributed by atoms with Crippen LogP contribution in [0.5, 0.6) is 11.5 Å². The molecule has 2 rings (SSSR count). The summed E-state index contributed by atoms with van der Waals surface area (Å²) in [5.41, 5.74) is 6.19. The number of benzene rings is 2. The van der Waals surface area contributed by atoms with E-state index in [0.29, 0.717) is 17.1 Å². The lowest BCUT2D eigenvalue weighted by Gasteiger charge is -2.14. The van der Waals surface area contributed by atoms with Crippen LogP contribution in [-0.4, -0.2) is 11.6 Å². The molecule has 0 aromatic heterocycles. The van der Waals surface area contributed by atoms with E-state index in [9.17, 15) is 4.39 Å². The molecule has 0 amide bonds. The zero-order chi connectivity index (χ0) is 15.4. The number of thioether (sulfide) groups is 1. The van der Waals surface area contributed by atoms with E-state index in [1.807, 2.05) is 19.1 Å². The summed E-state index contributed by atoms with van der Waals surface area (Å²) in [7, 11) is 0. The number of halogens is 2. The minimum Gasteiger partial charge on any atom is -0.457 e. The van der Waals surface area contributed by atoms with Gasteiger partial charge in [-0.1, -0.05) is 24.6 Å². The van der Waals surface area contributed by atoms with E-state index in [4.69, 9.17) is 27.5 Å². The van der Waals surface area contributed by atoms with Crippen LogP contribution in [0.15, 0.2) is 41.3 Å². The number of rotatable bonds is 5. The summed E-state index contributed by atoms with van der Waals surface area (Å²) in [6.07, 6.45) is 0. The highest BCUT2D eigenvalue weighted by atomic mass is 35.5. The molecule has 6 heteroatoms. The lowest BCUT2D eigenvalue weighted by atomic mass is 10.2. The maximum Gasteiger partial charge on any atom is 0.142 e. The standard InChI is InChI=1S/C15H14ClFN2OS/c1-2-21-13-5-3-4-12(14(13)15(18)19)20-9-6-7-11(17)10(16)8-9/h3-8H,2H2,1H3,(H3,18,19). The first-order chi connectivity index (χ1) is 10.0. The molecule has 0 fully saturated rings. The quantitative estimate of drug-likeness (QED) is 0.477. The average Bonchev–Trinajstić information content (AvgIpc) is 2.43. The number of nitrogen functional groups attached to an aromatic ring is 1. The Labute approximate surface area is 131 Å². The minimum absolute atomic E-state index is 0.0176. The van der Waals surface area contributed by atoms with Crippen molar-refractivity contribution < 1.29 is 9.13 Å². The van der Waals surface area contributed by atoms with Crippen LogP contribution in [0.3, 0.4) is 0 Å². The van der Waals surface area contributed by atoms with Gasteiger partial charge in [-0.3, -0.25) is 5.41 Å². The van der Waals surface area contributed by atoms with Crippen molar-refractivity contribution in [3.8, 4) is 11.5 Å². The number of nitrogens with one attached hydrogen (secondary N) is 1. The SMILES string of the molecule is CCSc1cccc(Oc2ccc(F)c(Cl)c2)c1C(=N)N. The zero-order valence-electron chi connectivity index (χ0n) is 11.3. The number of amidine groups is 1. The first kappa shape index (κ1) is 15.7. The largest absolute Gasteiger partial charge is 0.457 e. The van der Waals surface area contributed by atoms with Crippen LogP contribution in [0, 0.1) is 11.2 Å². The van der Waals surface area contributed by atoms with Gasteiger partial charge in [-0.2, -0.15) is 0 Å². The first-order valence-electron chi connectivity index (χ1n) is 6.26. The van der Waals surface area contributed by atoms with E-state index in [-0.39, 0.29) is 10.9 Å². The van der Waals surface area contributed by atoms with Crippen molar-refractivity contribution in [1.29, 1.82) is 5.41 Å². The normalized spacial score (nSPS) is 10.4. The van der Waals surface area contributed by atoms with Crippen LogP contribution in [0.1, 0.15) is 12.5 Å². The molecule has 0 radical (unpaired) electrons. The van der Waals surface area contributed by atoms with Gasteiger partial charge in [-0.05, 0) is 30.0 Å². The summed E-state index contributed by atoms with van der Waals surface area (Å²) in [6, 6.07) is 9.52. The van der Waals surface area contributed by atoms with E-state index in [0.717, 1.165) is 10.6 Å². The third kappa shape index (κ3) is 3.68. The molecule has 21 heavy (non-hydrogen) atoms. The Morgan fingerprint density at radius 3 is 2.76 bits per heavy atom. The fourth-order valence-corrected chi connectivity index (χ4v) is 2.82. The van der Waals surface area contributed by atoms with Gasteiger partial charge in [0, 0.05) is 11.0 Å². The van der Waals surface area contributed by atoms with Gasteiger partial charge >= 0.3 is 0 Å². The third-order valence-electron chi connectivity index (χ3n) is 2.68. The van der Waals surface area contributed by atoms with Gasteiger partial charge in [0.15, 0.2) is 0 Å². The molecule has 3 nitrogen and oxygen atoms in total. The Morgan fingerprint density at radius 1 is 1.38 bits per heavy atom. The zero-order valence-corrected chi connectivity index (χ0v) is 12.9. The van der Waals surface area contributed by atoms with Gasteiger partial charge in [-0.15, -0.1) is 11.8 Å². The van der Waals surface area contributed by atoms with Gasteiger partial charge < -0.3 is 10.5 Å². The molecule has 0 spiro atoms. The van der Waals surface area contributed by atoms with Crippen LogP contribution >= 0.6 is 23.4 Å². The Kier molecular flexibility index (Phi) is 5.09. The summed E-state index contributed by atoms with van der Waals surface area (Å²) in [4.78, 5) is 0.871. The number of nitrogens with two attached hydrogens (primary N) is 1. The average molecular weight is 325 g/mol. The molecule has 0 saturated heterocycles. The Balaban J connectivity index is 2.41. The van der Waals surface area contributed by atoms with Gasteiger partial charge in [0.1, 0.15) is 23.2 Å². The van der Waals surface area contributed by atoms with Crippen molar-refractivity contribution in [2.24, 2.45) is 5.73 Å². The van der Waals surface area contributed by atoms with Crippen LogP contribution in [0.25, 0.3) is 0 Å². The van der Waals surface area contributed by atoms with Gasteiger partial charge in [0.2, 0.25) is 0 Å². The second kappa shape index (κ2) is 6.83. The second-order valence-corrected chi connectivity index (χ2v) is 5.87. The summed E-state index contributed by atoms with van der Waals surface area (Å²) >= 11 is 7.31. The fraction of sp³-hybridized carbons (Fsp3) is 0.133. The van der Waals surface area contributed by atoms with Crippen molar-refractivity contribution in [3.05, 3.63) is 52.8 Å². The Hall–Kier alpha value is -1.72. The molecule has 0 unspecified atom stereocenters. The van der Waals surface area contributed by atoms with E-state index in [1.165, 1.54) is 18.2 Å². The van der Waals surface area contributed by atoms with Crippen molar-refractivity contribution in [1.82, 2.24) is 0 Å². The van der Waals surface area contributed by atoms with Crippen molar-refractivity contribution in [2.45, 2.75) is 11.8 Å². The van der Waals surface area contributed by atoms with E-state index in [1.54, 1.807) is 17.8 Å². The smallest absolute Gasteiger partial charge is 0.142 e. The van der Waals surface area contributed by atoms with Gasteiger partial charge in [0.05, 0.1) is 10.6 Å². The fourth-order valence-electron chi connectivity index (χ4n) is 1.80. The highest BCUT2D eigenvalue weighted by Crippen LogP contribution is 2.33. The lowest BCUT2D eigenvalue weighted by molar-refractivity contribution is 0.478. The predicted molar refractivity (Wildman–Crippen MR) is 85.3 cm³/mol. The molecular weight excluding hydrogens is 311 g/mol. The predicted octanol–water partition coefficient (Wildman–Crippen LogP) is 4.67. The van der Waals surface area contributed by atoms with Crippen LogP contribution in [0.4, 0.5) is 4.39 Å². The number of hydrogen-bond donors (Lipinski definition) is 2. The van der Waals surface area contributed by atoms with Gasteiger partial charge in [-0.25, -0.2) is 4.39 Å². The van der Waals surface area contributed by atoms with Crippen molar-refractivity contribution >= 4 is 29.2 Å². The molecular formula is C15H14ClFN2OS. The second-order valence-electron chi connectivity index (χ2n) is 4.15. The lowest BCUT2D eigenvalue weighted by Crippen LogP contribution is -2.13. The Bertz CT molecular complexity index is 679. The maximum atomic E-state index is 13.2. The number of ether oxygens (including phenoxy) is 1. The Morgan fingerprint density at radius 2 is 2.14 bits per heavy atom. The first-order valence-corrected chi connectivity index (χ1v) is 7.62. The molecule has 0 aliphatic carbocycles. The maximum absolute atomic E-state index is 13.2. The van der Waals surface area contributed by atoms with E-state index < -0.39 is 5.82 Å². The molecule has 110 valence electrons. The van der Waals surface area contributed by atoms with Crippen molar-refractivity contribution in [2.75, 3.05) is 5.75 Å². The molecule has 0 bridgehead atoms. The summed E-state index contributed by atoms with van der Waals surface area (Å²) in [5.74, 6) is 1.11. The van der Waals surface area contributed by atoms with Crippen LogP contribution < -0.4 is 10.5 Å². The minimum atomic E-state index is -0.508. The molecule has 2 aromatic rings. The monoisotopic (exact) mass is 324 g/mol. The van der Waals surface area contributed by atoms with Crippen LogP contribution in [-0.2, 0) is 0 Å². The topological polar surface area (TPSA) is 59.1 Å². The summed E-state index contributed by atoms with van der Waals surface area (Å²) in [5, 5.41) is 7.72. The third-order valence-corrected chi connectivity index (χ3v) is 3.91. The molecule has 3 N–H and O–H groups in total. The highest BCUT2D eigenvalue weighted by Gasteiger charge is 2.14. The summed E-state index contributed by atoms with van der Waals surface area (Å²) in [6.45, 7) is 2.02. The van der Waals surface area contributed by atoms with E-state index >= 15 is 0 Å². The van der Waals surface area contributed by atoms with Crippen LogP contribution in [0.2, 0.25) is 5.02 Å². The molecule has 0 heterocycles.